The Hall–Kier alpha value is -0.610. The SMILES string of the molecule is NC1CCC(O)(c2ccc(Cl)cc2)CC(O)C1. The fraction of sp³-hybridized carbons (Fsp3) is 0.538. The fourth-order valence-electron chi connectivity index (χ4n) is 2.49. The zero-order chi connectivity index (χ0) is 12.5. The van der Waals surface area contributed by atoms with Crippen molar-refractivity contribution in [3.8, 4) is 0 Å². The number of aliphatic hydroxyl groups excluding tert-OH is 1. The Morgan fingerprint density at radius 3 is 2.59 bits per heavy atom. The van der Waals surface area contributed by atoms with E-state index in [1.54, 1.807) is 12.1 Å². The van der Waals surface area contributed by atoms with E-state index >= 15 is 0 Å². The van der Waals surface area contributed by atoms with Gasteiger partial charge in [-0.05, 0) is 37.0 Å². The summed E-state index contributed by atoms with van der Waals surface area (Å²) >= 11 is 5.83. The van der Waals surface area contributed by atoms with Crippen molar-refractivity contribution in [2.45, 2.75) is 43.4 Å². The standard InChI is InChI=1S/C13H18ClNO2/c14-10-3-1-9(2-4-10)13(17)6-5-11(15)7-12(16)8-13/h1-4,11-12,16-17H,5-8,15H2. The van der Waals surface area contributed by atoms with E-state index in [0.717, 1.165) is 12.0 Å². The van der Waals surface area contributed by atoms with Gasteiger partial charge in [-0.1, -0.05) is 23.7 Å². The molecule has 94 valence electrons. The largest absolute Gasteiger partial charge is 0.393 e. The lowest BCUT2D eigenvalue weighted by Crippen LogP contribution is -2.29. The lowest BCUT2D eigenvalue weighted by atomic mass is 9.86. The van der Waals surface area contributed by atoms with Gasteiger partial charge in [0.05, 0.1) is 11.7 Å². The van der Waals surface area contributed by atoms with E-state index in [1.807, 2.05) is 12.1 Å². The van der Waals surface area contributed by atoms with E-state index < -0.39 is 11.7 Å². The number of rotatable bonds is 1. The molecule has 17 heavy (non-hydrogen) atoms. The van der Waals surface area contributed by atoms with E-state index in [9.17, 15) is 10.2 Å². The highest BCUT2D eigenvalue weighted by Crippen LogP contribution is 2.36. The number of nitrogens with two attached hydrogens (primary N) is 1. The second-order valence-electron chi connectivity index (χ2n) is 4.93. The van der Waals surface area contributed by atoms with E-state index in [0.29, 0.717) is 24.3 Å². The molecule has 0 heterocycles. The normalized spacial score (nSPS) is 34.4. The molecule has 0 aromatic heterocycles. The zero-order valence-electron chi connectivity index (χ0n) is 9.64. The smallest absolute Gasteiger partial charge is 0.0921 e. The predicted molar refractivity (Wildman–Crippen MR) is 67.8 cm³/mol. The molecule has 0 amide bonds. The van der Waals surface area contributed by atoms with Crippen LogP contribution >= 0.6 is 11.6 Å². The molecule has 0 radical (unpaired) electrons. The van der Waals surface area contributed by atoms with E-state index in [4.69, 9.17) is 17.3 Å². The Labute approximate surface area is 106 Å². The molecular formula is C13H18ClNO2. The second kappa shape index (κ2) is 4.94. The van der Waals surface area contributed by atoms with Crippen LogP contribution in [-0.4, -0.2) is 22.4 Å². The molecule has 2 rings (SSSR count). The summed E-state index contributed by atoms with van der Waals surface area (Å²) in [5.74, 6) is 0. The molecule has 1 aliphatic carbocycles. The van der Waals surface area contributed by atoms with E-state index in [2.05, 4.69) is 0 Å². The van der Waals surface area contributed by atoms with Crippen molar-refractivity contribution >= 4 is 11.6 Å². The second-order valence-corrected chi connectivity index (χ2v) is 5.37. The molecule has 3 atom stereocenters. The van der Waals surface area contributed by atoms with Gasteiger partial charge >= 0.3 is 0 Å². The van der Waals surface area contributed by atoms with Crippen LogP contribution in [0.5, 0.6) is 0 Å². The van der Waals surface area contributed by atoms with Gasteiger partial charge in [-0.25, -0.2) is 0 Å². The van der Waals surface area contributed by atoms with Crippen LogP contribution < -0.4 is 5.73 Å². The maximum atomic E-state index is 10.6. The average Bonchev–Trinajstić information content (AvgIpc) is 2.39. The number of hydrogen-bond donors (Lipinski definition) is 3. The van der Waals surface area contributed by atoms with Gasteiger partial charge in [0.15, 0.2) is 0 Å². The Morgan fingerprint density at radius 2 is 1.94 bits per heavy atom. The van der Waals surface area contributed by atoms with Crippen molar-refractivity contribution in [2.24, 2.45) is 5.73 Å². The molecule has 1 aromatic carbocycles. The minimum atomic E-state index is -0.988. The summed E-state index contributed by atoms with van der Waals surface area (Å²) in [7, 11) is 0. The van der Waals surface area contributed by atoms with Crippen LogP contribution in [-0.2, 0) is 5.60 Å². The van der Waals surface area contributed by atoms with Crippen LogP contribution in [0.1, 0.15) is 31.2 Å². The van der Waals surface area contributed by atoms with Crippen LogP contribution in [0.3, 0.4) is 0 Å². The topological polar surface area (TPSA) is 66.5 Å². The molecular weight excluding hydrogens is 238 g/mol. The molecule has 1 aromatic rings. The third-order valence-corrected chi connectivity index (χ3v) is 3.71. The summed E-state index contributed by atoms with van der Waals surface area (Å²) in [6.07, 6.45) is 1.63. The lowest BCUT2D eigenvalue weighted by Gasteiger charge is -2.28. The first-order valence-electron chi connectivity index (χ1n) is 5.92. The van der Waals surface area contributed by atoms with Crippen molar-refractivity contribution < 1.29 is 10.2 Å². The van der Waals surface area contributed by atoms with Gasteiger partial charge in [-0.2, -0.15) is 0 Å². The van der Waals surface area contributed by atoms with Gasteiger partial charge in [0.2, 0.25) is 0 Å². The fourth-order valence-corrected chi connectivity index (χ4v) is 2.61. The quantitative estimate of drug-likeness (QED) is 0.671. The van der Waals surface area contributed by atoms with Crippen molar-refractivity contribution in [3.05, 3.63) is 34.9 Å². The van der Waals surface area contributed by atoms with Crippen molar-refractivity contribution in [1.82, 2.24) is 0 Å². The number of hydrogen-bond acceptors (Lipinski definition) is 3. The molecule has 0 spiro atoms. The highest BCUT2D eigenvalue weighted by Gasteiger charge is 2.35. The Balaban J connectivity index is 2.24. The van der Waals surface area contributed by atoms with Crippen LogP contribution in [0.2, 0.25) is 5.02 Å². The third-order valence-electron chi connectivity index (χ3n) is 3.46. The Kier molecular flexibility index (Phi) is 3.73. The molecule has 3 unspecified atom stereocenters. The Bertz CT molecular complexity index is 382. The van der Waals surface area contributed by atoms with Crippen LogP contribution in [0.4, 0.5) is 0 Å². The summed E-state index contributed by atoms with van der Waals surface area (Å²) in [6, 6.07) is 7.10. The van der Waals surface area contributed by atoms with Crippen LogP contribution in [0.15, 0.2) is 24.3 Å². The minimum absolute atomic E-state index is 0.0358. The van der Waals surface area contributed by atoms with Gasteiger partial charge in [0.25, 0.3) is 0 Å². The number of benzene rings is 1. The van der Waals surface area contributed by atoms with Gasteiger partial charge in [-0.3, -0.25) is 0 Å². The molecule has 0 bridgehead atoms. The van der Waals surface area contributed by atoms with Crippen LogP contribution in [0, 0.1) is 0 Å². The van der Waals surface area contributed by atoms with E-state index in [1.165, 1.54) is 0 Å². The molecule has 1 saturated carbocycles. The first-order valence-corrected chi connectivity index (χ1v) is 6.29. The van der Waals surface area contributed by atoms with Crippen molar-refractivity contribution in [2.75, 3.05) is 0 Å². The van der Waals surface area contributed by atoms with Gasteiger partial charge in [0.1, 0.15) is 0 Å². The van der Waals surface area contributed by atoms with Crippen molar-refractivity contribution in [1.29, 1.82) is 0 Å². The zero-order valence-corrected chi connectivity index (χ0v) is 10.4. The van der Waals surface area contributed by atoms with Crippen LogP contribution in [0.25, 0.3) is 0 Å². The number of halogens is 1. The predicted octanol–water partition coefficient (Wildman–Crippen LogP) is 1.79. The third kappa shape index (κ3) is 2.99. The summed E-state index contributed by atoms with van der Waals surface area (Å²) in [5, 5.41) is 21.1. The lowest BCUT2D eigenvalue weighted by molar-refractivity contribution is -0.0137. The Morgan fingerprint density at radius 1 is 1.29 bits per heavy atom. The first kappa shape index (κ1) is 12.8. The molecule has 4 heteroatoms. The highest BCUT2D eigenvalue weighted by molar-refractivity contribution is 6.30. The maximum Gasteiger partial charge on any atom is 0.0921 e. The van der Waals surface area contributed by atoms with Crippen molar-refractivity contribution in [3.63, 3.8) is 0 Å². The van der Waals surface area contributed by atoms with E-state index in [-0.39, 0.29) is 6.04 Å². The molecule has 1 fully saturated rings. The average molecular weight is 256 g/mol. The maximum absolute atomic E-state index is 10.6. The van der Waals surface area contributed by atoms with Gasteiger partial charge in [0, 0.05) is 17.5 Å². The monoisotopic (exact) mass is 255 g/mol. The summed E-state index contributed by atoms with van der Waals surface area (Å²) in [4.78, 5) is 0. The van der Waals surface area contributed by atoms with Gasteiger partial charge < -0.3 is 15.9 Å². The summed E-state index contributed by atoms with van der Waals surface area (Å²) in [6.45, 7) is 0. The minimum Gasteiger partial charge on any atom is -0.393 e. The summed E-state index contributed by atoms with van der Waals surface area (Å²) in [5.41, 5.74) is 5.67. The molecule has 1 aliphatic rings. The number of aliphatic hydroxyl groups is 2. The molecule has 4 N–H and O–H groups in total. The highest BCUT2D eigenvalue weighted by atomic mass is 35.5. The first-order chi connectivity index (χ1) is 7.99. The van der Waals surface area contributed by atoms with Gasteiger partial charge in [-0.15, -0.1) is 0 Å². The summed E-state index contributed by atoms with van der Waals surface area (Å²) < 4.78 is 0. The molecule has 0 aliphatic heterocycles. The molecule has 0 saturated heterocycles. The molecule has 3 nitrogen and oxygen atoms in total.